The molecule has 0 aliphatic heterocycles. The molecule has 5 nitrogen and oxygen atoms in total. The maximum absolute atomic E-state index is 11.6. The second-order valence-corrected chi connectivity index (χ2v) is 5.61. The molecule has 0 unspecified atom stereocenters. The molecule has 0 aromatic rings. The Morgan fingerprint density at radius 3 is 2.35 bits per heavy atom. The Kier molecular flexibility index (Phi) is 8.07. The lowest BCUT2D eigenvalue weighted by Gasteiger charge is -2.27. The topological polar surface area (TPSA) is 67.4 Å². The first-order valence-electron chi connectivity index (χ1n) is 7.74. The molecule has 20 heavy (non-hydrogen) atoms. The lowest BCUT2D eigenvalue weighted by Crippen LogP contribution is -2.39. The van der Waals surface area contributed by atoms with Crippen molar-refractivity contribution in [2.75, 3.05) is 20.2 Å². The van der Waals surface area contributed by atoms with Gasteiger partial charge in [0.1, 0.15) is 0 Å². The predicted molar refractivity (Wildman–Crippen MR) is 78.4 cm³/mol. The smallest absolute Gasteiger partial charge is 0.314 e. The minimum absolute atomic E-state index is 0.132. The molecule has 5 heteroatoms. The van der Waals surface area contributed by atoms with Crippen LogP contribution in [0.4, 0.5) is 4.79 Å². The van der Waals surface area contributed by atoms with Crippen LogP contribution < -0.4 is 10.6 Å². The number of esters is 1. The summed E-state index contributed by atoms with van der Waals surface area (Å²) in [5.74, 6) is 1.27. The standard InChI is InChI=1S/C15H28N2O3/c1-3-12-6-8-13(9-7-12)11-17-15(19)16-10-4-5-14(18)20-2/h12-13H,3-11H2,1-2H3,(H2,16,17,19). The van der Waals surface area contributed by atoms with Gasteiger partial charge in [0.05, 0.1) is 7.11 Å². The fourth-order valence-electron chi connectivity index (χ4n) is 2.68. The molecule has 0 radical (unpaired) electrons. The maximum Gasteiger partial charge on any atom is 0.314 e. The zero-order valence-electron chi connectivity index (χ0n) is 12.7. The summed E-state index contributed by atoms with van der Waals surface area (Å²) in [6.45, 7) is 3.52. The van der Waals surface area contributed by atoms with Gasteiger partial charge in [0.15, 0.2) is 0 Å². The minimum Gasteiger partial charge on any atom is -0.469 e. The van der Waals surface area contributed by atoms with Crippen LogP contribution >= 0.6 is 0 Å². The Labute approximate surface area is 121 Å². The third-order valence-corrected chi connectivity index (χ3v) is 4.17. The van der Waals surface area contributed by atoms with Crippen LogP contribution in [0.25, 0.3) is 0 Å². The molecule has 1 rings (SSSR count). The van der Waals surface area contributed by atoms with E-state index in [1.165, 1.54) is 39.2 Å². The first-order valence-corrected chi connectivity index (χ1v) is 7.74. The highest BCUT2D eigenvalue weighted by molar-refractivity contribution is 5.74. The van der Waals surface area contributed by atoms with E-state index in [9.17, 15) is 9.59 Å². The highest BCUT2D eigenvalue weighted by Gasteiger charge is 2.20. The average molecular weight is 284 g/mol. The largest absolute Gasteiger partial charge is 0.469 e. The number of hydrogen-bond donors (Lipinski definition) is 2. The van der Waals surface area contributed by atoms with Crippen molar-refractivity contribution < 1.29 is 14.3 Å². The third kappa shape index (κ3) is 6.78. The Balaban J connectivity index is 2.01. The van der Waals surface area contributed by atoms with Gasteiger partial charge in [-0.2, -0.15) is 0 Å². The second-order valence-electron chi connectivity index (χ2n) is 5.61. The monoisotopic (exact) mass is 284 g/mol. The number of carbonyl (C=O) groups is 2. The van der Waals surface area contributed by atoms with Crippen molar-refractivity contribution in [3.63, 3.8) is 0 Å². The molecule has 0 bridgehead atoms. The zero-order valence-corrected chi connectivity index (χ0v) is 12.7. The van der Waals surface area contributed by atoms with Crippen LogP contribution in [0.1, 0.15) is 51.9 Å². The number of amides is 2. The highest BCUT2D eigenvalue weighted by atomic mass is 16.5. The Bertz CT molecular complexity index is 299. The molecule has 2 N–H and O–H groups in total. The summed E-state index contributed by atoms with van der Waals surface area (Å²) in [6, 6.07) is -0.132. The van der Waals surface area contributed by atoms with Crippen molar-refractivity contribution in [1.82, 2.24) is 10.6 Å². The van der Waals surface area contributed by atoms with Crippen LogP contribution in [0, 0.1) is 11.8 Å². The molecule has 0 spiro atoms. The van der Waals surface area contributed by atoms with Crippen LogP contribution in [0.2, 0.25) is 0 Å². The van der Waals surface area contributed by atoms with Gasteiger partial charge in [0.25, 0.3) is 0 Å². The molecule has 0 atom stereocenters. The normalized spacial score (nSPS) is 22.1. The lowest BCUT2D eigenvalue weighted by molar-refractivity contribution is -0.140. The second kappa shape index (κ2) is 9.61. The molecule has 1 saturated carbocycles. The van der Waals surface area contributed by atoms with E-state index >= 15 is 0 Å². The predicted octanol–water partition coefficient (Wildman–Crippen LogP) is 2.46. The summed E-state index contributed by atoms with van der Waals surface area (Å²) in [5.41, 5.74) is 0. The molecule has 0 aromatic carbocycles. The molecule has 0 heterocycles. The van der Waals surface area contributed by atoms with E-state index in [1.54, 1.807) is 0 Å². The molecular weight excluding hydrogens is 256 g/mol. The van der Waals surface area contributed by atoms with Crippen molar-refractivity contribution >= 4 is 12.0 Å². The van der Waals surface area contributed by atoms with Crippen molar-refractivity contribution in [3.05, 3.63) is 0 Å². The van der Waals surface area contributed by atoms with Crippen LogP contribution in [-0.2, 0) is 9.53 Å². The molecule has 2 amide bonds. The number of ether oxygens (including phenoxy) is 1. The first-order chi connectivity index (χ1) is 9.65. The SMILES string of the molecule is CCC1CCC(CNC(=O)NCCCC(=O)OC)CC1. The van der Waals surface area contributed by atoms with Gasteiger partial charge in [-0.15, -0.1) is 0 Å². The Hall–Kier alpha value is -1.26. The number of hydrogen-bond acceptors (Lipinski definition) is 3. The third-order valence-electron chi connectivity index (χ3n) is 4.17. The van der Waals surface area contributed by atoms with Gasteiger partial charge in [-0.1, -0.05) is 26.2 Å². The summed E-state index contributed by atoms with van der Waals surface area (Å²) in [5, 5.41) is 5.68. The Morgan fingerprint density at radius 1 is 1.10 bits per heavy atom. The van der Waals surface area contributed by atoms with Gasteiger partial charge in [-0.3, -0.25) is 4.79 Å². The molecule has 1 fully saturated rings. The number of carbonyl (C=O) groups excluding carboxylic acids is 2. The summed E-state index contributed by atoms with van der Waals surface area (Å²) in [4.78, 5) is 22.5. The van der Waals surface area contributed by atoms with E-state index in [2.05, 4.69) is 22.3 Å². The van der Waals surface area contributed by atoms with Crippen LogP contribution in [0.3, 0.4) is 0 Å². The van der Waals surface area contributed by atoms with Crippen molar-refractivity contribution in [2.45, 2.75) is 51.9 Å². The summed E-state index contributed by atoms with van der Waals surface area (Å²) < 4.78 is 4.53. The average Bonchev–Trinajstić information content (AvgIpc) is 2.49. The summed E-state index contributed by atoms with van der Waals surface area (Å²) in [6.07, 6.45) is 7.27. The highest BCUT2D eigenvalue weighted by Crippen LogP contribution is 2.29. The maximum atomic E-state index is 11.6. The van der Waals surface area contributed by atoms with Crippen molar-refractivity contribution in [2.24, 2.45) is 11.8 Å². The molecule has 0 saturated heterocycles. The van der Waals surface area contributed by atoms with Gasteiger partial charge >= 0.3 is 12.0 Å². The van der Waals surface area contributed by atoms with Crippen LogP contribution in [0.15, 0.2) is 0 Å². The fraction of sp³-hybridized carbons (Fsp3) is 0.867. The van der Waals surface area contributed by atoms with Gasteiger partial charge in [0.2, 0.25) is 0 Å². The molecular formula is C15H28N2O3. The summed E-state index contributed by atoms with van der Waals surface area (Å²) >= 11 is 0. The quantitative estimate of drug-likeness (QED) is 0.557. The number of methoxy groups -OCH3 is 1. The van der Waals surface area contributed by atoms with E-state index in [0.29, 0.717) is 25.3 Å². The first kappa shape index (κ1) is 16.8. The zero-order chi connectivity index (χ0) is 14.8. The van der Waals surface area contributed by atoms with Crippen LogP contribution in [0.5, 0.6) is 0 Å². The van der Waals surface area contributed by atoms with Crippen LogP contribution in [-0.4, -0.2) is 32.2 Å². The van der Waals surface area contributed by atoms with Crippen molar-refractivity contribution in [3.8, 4) is 0 Å². The lowest BCUT2D eigenvalue weighted by atomic mass is 9.81. The van der Waals surface area contributed by atoms with Gasteiger partial charge in [-0.05, 0) is 31.1 Å². The molecule has 1 aliphatic rings. The fourth-order valence-corrected chi connectivity index (χ4v) is 2.68. The van der Waals surface area contributed by atoms with E-state index in [0.717, 1.165) is 12.5 Å². The minimum atomic E-state index is -0.236. The Morgan fingerprint density at radius 2 is 1.75 bits per heavy atom. The molecule has 0 aromatic heterocycles. The number of nitrogens with one attached hydrogen (secondary N) is 2. The number of urea groups is 1. The van der Waals surface area contributed by atoms with E-state index in [1.807, 2.05) is 0 Å². The van der Waals surface area contributed by atoms with E-state index in [-0.39, 0.29) is 12.0 Å². The molecule has 1 aliphatic carbocycles. The summed E-state index contributed by atoms with van der Waals surface area (Å²) in [7, 11) is 1.37. The van der Waals surface area contributed by atoms with Gasteiger partial charge < -0.3 is 15.4 Å². The van der Waals surface area contributed by atoms with Crippen molar-refractivity contribution in [1.29, 1.82) is 0 Å². The van der Waals surface area contributed by atoms with E-state index < -0.39 is 0 Å². The van der Waals surface area contributed by atoms with Gasteiger partial charge in [0, 0.05) is 19.5 Å². The molecule has 116 valence electrons. The number of rotatable bonds is 7. The van der Waals surface area contributed by atoms with Gasteiger partial charge in [-0.25, -0.2) is 4.79 Å². The van der Waals surface area contributed by atoms with E-state index in [4.69, 9.17) is 0 Å².